The highest BCUT2D eigenvalue weighted by molar-refractivity contribution is 7.80. The molecule has 9 heteroatoms. The fourth-order valence-corrected chi connectivity index (χ4v) is 4.11. The van der Waals surface area contributed by atoms with Crippen molar-refractivity contribution in [3.05, 3.63) is 100 Å². The Labute approximate surface area is 215 Å². The molecule has 0 aliphatic heterocycles. The molecule has 5 rings (SSSR count). The third-order valence-corrected chi connectivity index (χ3v) is 6.00. The number of benzene rings is 3. The van der Waals surface area contributed by atoms with E-state index in [1.807, 2.05) is 48.5 Å². The molecule has 3 aromatic carbocycles. The Morgan fingerprint density at radius 2 is 1.74 bits per heavy atom. The Morgan fingerprint density at radius 1 is 0.943 bits per heavy atom. The zero-order valence-electron chi connectivity index (χ0n) is 18.0. The first kappa shape index (κ1) is 23.1. The normalized spacial score (nSPS) is 10.9. The van der Waals surface area contributed by atoms with Crippen molar-refractivity contribution in [3.8, 4) is 22.8 Å². The monoisotopic (exact) mass is 521 g/mol. The number of nitrogens with zero attached hydrogens (tertiary/aromatic N) is 1. The molecule has 5 aromatic rings. The number of furan rings is 1. The quantitative estimate of drug-likeness (QED) is 0.245. The van der Waals surface area contributed by atoms with Crippen molar-refractivity contribution in [1.82, 2.24) is 15.6 Å². The molecule has 0 aliphatic carbocycles. The number of fused-ring (bicyclic) bond motifs is 1. The maximum Gasteiger partial charge on any atom is 0.293 e. The van der Waals surface area contributed by atoms with Gasteiger partial charge in [-0.3, -0.25) is 10.1 Å². The van der Waals surface area contributed by atoms with Crippen LogP contribution in [0.3, 0.4) is 0 Å². The molecular weight excluding hydrogens is 505 g/mol. The minimum absolute atomic E-state index is 0.109. The van der Waals surface area contributed by atoms with Crippen LogP contribution < -0.4 is 10.6 Å². The van der Waals surface area contributed by atoms with E-state index in [9.17, 15) is 4.79 Å². The second kappa shape index (κ2) is 9.92. The number of halogens is 2. The van der Waals surface area contributed by atoms with Gasteiger partial charge in [-0.1, -0.05) is 47.5 Å². The number of amides is 1. The summed E-state index contributed by atoms with van der Waals surface area (Å²) in [6, 6.07) is 23.6. The summed E-state index contributed by atoms with van der Waals surface area (Å²) in [5, 5.41) is 6.76. The summed E-state index contributed by atoms with van der Waals surface area (Å²) in [5.74, 6) is 0.656. The number of rotatable bonds is 5. The van der Waals surface area contributed by atoms with Gasteiger partial charge < -0.3 is 14.2 Å². The number of nitrogens with one attached hydrogen (secondary N) is 2. The van der Waals surface area contributed by atoms with Gasteiger partial charge in [0.25, 0.3) is 5.91 Å². The number of para-hydroxylation sites is 2. The van der Waals surface area contributed by atoms with Gasteiger partial charge in [0.2, 0.25) is 5.89 Å². The summed E-state index contributed by atoms with van der Waals surface area (Å²) in [4.78, 5) is 17.0. The predicted molar refractivity (Wildman–Crippen MR) is 141 cm³/mol. The van der Waals surface area contributed by atoms with Crippen molar-refractivity contribution in [1.29, 1.82) is 0 Å². The Balaban J connectivity index is 1.17. The van der Waals surface area contributed by atoms with E-state index in [1.54, 1.807) is 30.3 Å². The van der Waals surface area contributed by atoms with Crippen LogP contribution in [-0.2, 0) is 6.54 Å². The van der Waals surface area contributed by atoms with E-state index in [0.717, 1.165) is 22.2 Å². The molecule has 6 nitrogen and oxygen atoms in total. The van der Waals surface area contributed by atoms with E-state index in [2.05, 4.69) is 15.6 Å². The number of hydrogen-bond acceptors (Lipinski definition) is 5. The van der Waals surface area contributed by atoms with Crippen LogP contribution in [0.15, 0.2) is 87.7 Å². The van der Waals surface area contributed by atoms with E-state index in [1.165, 1.54) is 0 Å². The van der Waals surface area contributed by atoms with Crippen LogP contribution in [0.4, 0.5) is 0 Å². The first-order valence-corrected chi connectivity index (χ1v) is 11.7. The summed E-state index contributed by atoms with van der Waals surface area (Å²) in [7, 11) is 0. The SMILES string of the molecule is O=C(NC(=S)NCc1ccc(-c2nc3ccccc3o2)cc1)c1ccc(-c2ccc(Cl)cc2Cl)o1. The highest BCUT2D eigenvalue weighted by Crippen LogP contribution is 2.31. The van der Waals surface area contributed by atoms with Crippen molar-refractivity contribution in [2.45, 2.75) is 6.54 Å². The summed E-state index contributed by atoms with van der Waals surface area (Å²) in [5.41, 5.74) is 4.04. The second-order valence-corrected chi connectivity index (χ2v) is 8.86. The number of hydrogen-bond donors (Lipinski definition) is 2. The summed E-state index contributed by atoms with van der Waals surface area (Å²) < 4.78 is 11.5. The fourth-order valence-electron chi connectivity index (χ4n) is 3.45. The maximum absolute atomic E-state index is 12.5. The molecule has 0 aliphatic rings. The Morgan fingerprint density at radius 3 is 2.51 bits per heavy atom. The lowest BCUT2D eigenvalue weighted by Gasteiger charge is -2.09. The molecule has 1 amide bonds. The van der Waals surface area contributed by atoms with Crippen LogP contribution in [0.1, 0.15) is 16.1 Å². The predicted octanol–water partition coefficient (Wildman–Crippen LogP) is 6.87. The molecule has 0 fully saturated rings. The van der Waals surface area contributed by atoms with Crippen molar-refractivity contribution in [2.24, 2.45) is 0 Å². The van der Waals surface area contributed by atoms with Gasteiger partial charge in [0.15, 0.2) is 16.5 Å². The number of carbonyl (C=O) groups is 1. The van der Waals surface area contributed by atoms with Gasteiger partial charge in [-0.25, -0.2) is 4.98 Å². The van der Waals surface area contributed by atoms with Crippen LogP contribution in [0.2, 0.25) is 10.0 Å². The summed E-state index contributed by atoms with van der Waals surface area (Å²) in [6.07, 6.45) is 0. The zero-order chi connectivity index (χ0) is 24.4. The van der Waals surface area contributed by atoms with E-state index >= 15 is 0 Å². The molecule has 2 heterocycles. The lowest BCUT2D eigenvalue weighted by molar-refractivity contribution is 0.0950. The van der Waals surface area contributed by atoms with Crippen molar-refractivity contribution in [2.75, 3.05) is 0 Å². The van der Waals surface area contributed by atoms with Gasteiger partial charge in [-0.15, -0.1) is 0 Å². The Kier molecular flexibility index (Phi) is 6.55. The number of thiocarbonyl (C=S) groups is 1. The highest BCUT2D eigenvalue weighted by atomic mass is 35.5. The van der Waals surface area contributed by atoms with Crippen LogP contribution in [0.25, 0.3) is 33.9 Å². The van der Waals surface area contributed by atoms with Crippen LogP contribution in [0.5, 0.6) is 0 Å². The molecule has 0 spiro atoms. The van der Waals surface area contributed by atoms with Crippen LogP contribution >= 0.6 is 35.4 Å². The van der Waals surface area contributed by atoms with E-state index in [0.29, 0.717) is 33.8 Å². The van der Waals surface area contributed by atoms with Gasteiger partial charge in [-0.05, 0) is 72.4 Å². The molecule has 35 heavy (non-hydrogen) atoms. The molecule has 174 valence electrons. The molecule has 2 N–H and O–H groups in total. The van der Waals surface area contributed by atoms with Crippen LogP contribution in [0, 0.1) is 0 Å². The first-order chi connectivity index (χ1) is 17.0. The zero-order valence-corrected chi connectivity index (χ0v) is 20.4. The molecule has 0 radical (unpaired) electrons. The second-order valence-electron chi connectivity index (χ2n) is 7.61. The third-order valence-electron chi connectivity index (χ3n) is 5.20. The van der Waals surface area contributed by atoms with E-state index in [-0.39, 0.29) is 10.9 Å². The molecular formula is C26H17Cl2N3O3S. The van der Waals surface area contributed by atoms with Crippen molar-refractivity contribution < 1.29 is 13.6 Å². The van der Waals surface area contributed by atoms with Crippen molar-refractivity contribution in [3.63, 3.8) is 0 Å². The summed E-state index contributed by atoms with van der Waals surface area (Å²) >= 11 is 17.4. The topological polar surface area (TPSA) is 80.3 Å². The first-order valence-electron chi connectivity index (χ1n) is 10.6. The number of aromatic nitrogens is 1. The van der Waals surface area contributed by atoms with Gasteiger partial charge in [0, 0.05) is 22.7 Å². The standard InChI is InChI=1S/C26H17Cl2N3O3S/c27-17-9-10-18(19(28)13-17)21-11-12-23(33-21)24(32)31-26(35)29-14-15-5-7-16(8-6-15)25-30-20-3-1-2-4-22(20)34-25/h1-13H,14H2,(H2,29,31,32,35). The van der Waals surface area contributed by atoms with Gasteiger partial charge in [0.05, 0.1) is 5.02 Å². The number of carbonyl (C=O) groups excluding carboxylic acids is 1. The largest absolute Gasteiger partial charge is 0.451 e. The third kappa shape index (κ3) is 5.22. The Bertz CT molecular complexity index is 1510. The van der Waals surface area contributed by atoms with Crippen LogP contribution in [-0.4, -0.2) is 16.0 Å². The average molecular weight is 522 g/mol. The number of oxazole rings is 1. The molecule has 2 aromatic heterocycles. The van der Waals surface area contributed by atoms with Gasteiger partial charge in [-0.2, -0.15) is 0 Å². The molecule has 0 unspecified atom stereocenters. The smallest absolute Gasteiger partial charge is 0.293 e. The maximum atomic E-state index is 12.5. The highest BCUT2D eigenvalue weighted by Gasteiger charge is 2.15. The Hall–Kier alpha value is -3.65. The summed E-state index contributed by atoms with van der Waals surface area (Å²) in [6.45, 7) is 0.427. The lowest BCUT2D eigenvalue weighted by atomic mass is 10.1. The van der Waals surface area contributed by atoms with Crippen molar-refractivity contribution >= 4 is 57.5 Å². The molecule has 0 bridgehead atoms. The van der Waals surface area contributed by atoms with Gasteiger partial charge >= 0.3 is 0 Å². The molecule has 0 saturated heterocycles. The van der Waals surface area contributed by atoms with E-state index < -0.39 is 5.91 Å². The van der Waals surface area contributed by atoms with Gasteiger partial charge in [0.1, 0.15) is 11.3 Å². The minimum atomic E-state index is -0.467. The lowest BCUT2D eigenvalue weighted by Crippen LogP contribution is -2.38. The minimum Gasteiger partial charge on any atom is -0.451 e. The molecule has 0 saturated carbocycles. The fraction of sp³-hybridized carbons (Fsp3) is 0.0385. The van der Waals surface area contributed by atoms with E-state index in [4.69, 9.17) is 44.3 Å². The average Bonchev–Trinajstić information content (AvgIpc) is 3.51. The molecule has 0 atom stereocenters.